The third kappa shape index (κ3) is 28.2. The zero-order valence-corrected chi connectivity index (χ0v) is 76.0. The minimum atomic E-state index is -0.906. The van der Waals surface area contributed by atoms with Crippen LogP contribution in [-0.4, -0.2) is 48.5 Å². The number of carbonyl (C=O) groups excluding carboxylic acids is 2. The van der Waals surface area contributed by atoms with Crippen LogP contribution in [-0.2, 0) is 25.2 Å². The Morgan fingerprint density at radius 2 is 0.767 bits per heavy atom. The number of rotatable bonds is 14. The molecule has 1 saturated heterocycles. The van der Waals surface area contributed by atoms with Crippen molar-refractivity contribution in [1.29, 1.82) is 0 Å². The number of aromatic nitrogens is 2. The summed E-state index contributed by atoms with van der Waals surface area (Å²) in [6.45, 7) is 20.7. The summed E-state index contributed by atoms with van der Waals surface area (Å²) in [6, 6.07) is 91.3. The Hall–Kier alpha value is -8.18. The van der Waals surface area contributed by atoms with Gasteiger partial charge in [0.2, 0.25) is 5.00 Å². The van der Waals surface area contributed by atoms with Gasteiger partial charge < -0.3 is 19.9 Å². The molecule has 0 saturated carbocycles. The fraction of sp³-hybridized carbons (Fsp3) is 0.129. The van der Waals surface area contributed by atoms with Gasteiger partial charge in [0, 0.05) is 66.5 Å². The third-order valence-corrected chi connectivity index (χ3v) is 29.6. The summed E-state index contributed by atoms with van der Waals surface area (Å²) in [5, 5.41) is 20.2. The molecule has 9 nitrogen and oxygen atoms in total. The summed E-state index contributed by atoms with van der Waals surface area (Å²) in [5.41, 5.74) is 1.65. The Morgan fingerprint density at radius 3 is 1.05 bits per heavy atom. The summed E-state index contributed by atoms with van der Waals surface area (Å²) in [4.78, 5) is 42.2. The van der Waals surface area contributed by atoms with Gasteiger partial charge in [-0.05, 0) is 195 Å². The molecule has 16 rings (SSSR count). The van der Waals surface area contributed by atoms with Crippen molar-refractivity contribution in [2.45, 2.75) is 81.9 Å². The summed E-state index contributed by atoms with van der Waals surface area (Å²) in [5.74, 6) is -5.26. The molecule has 10 aromatic carbocycles. The normalized spacial score (nSPS) is 11.7. The standard InChI is InChI=1S/C21H14F2N2OS2.C19H20BF2NO3.2C18H15P.C8H6BrNS2.C6H4BrNS.3CH4.B.2ClH.Pd/c1-12-15(11-18(28-12)21-24-9-10-27-21)13-5-7-14(8-6-13)25-20(26)19-16(22)3-2-4-17(19)23;1-18(2)19(3,4)26-20(25-18)12-8-10-13(11-9-12)23-17(24)16-14(21)6-5-7-15(16)22;2*1-4-10-16(11-5-1)19(17-12-6-2-7-13-17)18-14-8-3-9-15-18;1-5-6(9)4-7(12-5)8-10-2-3-11-8;1-4-5(7)3-6(8-2)9-4;;;;;;;/h2-11H,1H3,(H,25,26);5-11H,1-4H3,(H,23,24);2*1-15H;2-4H,1H3;3H,1H3;3*1H4;;2*1H;/q;;;;;;;;;;;;+2/p-2. The van der Waals surface area contributed by atoms with Crippen molar-refractivity contribution in [2.24, 2.45) is 0 Å². The summed E-state index contributed by atoms with van der Waals surface area (Å²) in [6.07, 6.45) is 3.62. The number of aryl methyl sites for hydroxylation is 3. The van der Waals surface area contributed by atoms with Crippen molar-refractivity contribution >= 4 is 204 Å². The molecular weight excluding hydrogens is 1910 g/mol. The number of hydrogen-bond acceptors (Lipinski definition) is 11. The minimum Gasteiger partial charge on any atom is -0.0622 e. The van der Waals surface area contributed by atoms with Crippen LogP contribution in [0.4, 0.5) is 33.9 Å². The predicted molar refractivity (Wildman–Crippen MR) is 515 cm³/mol. The molecule has 0 atom stereocenters. The van der Waals surface area contributed by atoms with Crippen LogP contribution >= 0.6 is 123 Å². The number of nitrogens with zero attached hydrogens (tertiary/aromatic N) is 3. The minimum absolute atomic E-state index is 0. The Bertz CT molecular complexity index is 5250. The van der Waals surface area contributed by atoms with E-state index in [2.05, 4.69) is 258 Å². The molecule has 0 aliphatic carbocycles. The number of amides is 2. The molecule has 1 aliphatic heterocycles. The van der Waals surface area contributed by atoms with Crippen molar-refractivity contribution in [3.05, 3.63) is 378 Å². The first-order chi connectivity index (χ1) is 56.0. The molecule has 15 aromatic rings. The van der Waals surface area contributed by atoms with Crippen LogP contribution in [0.25, 0.3) is 35.7 Å². The molecule has 6 heterocycles. The van der Waals surface area contributed by atoms with Gasteiger partial charge in [0.25, 0.3) is 11.8 Å². The van der Waals surface area contributed by atoms with Crippen LogP contribution in [0.5, 0.6) is 0 Å². The van der Waals surface area contributed by atoms with E-state index in [1.807, 2.05) is 76.7 Å². The van der Waals surface area contributed by atoms with Crippen LogP contribution in [0.15, 0.2) is 317 Å². The average molecular weight is 1990 g/mol. The van der Waals surface area contributed by atoms with Gasteiger partial charge in [-0.3, -0.25) is 9.59 Å². The summed E-state index contributed by atoms with van der Waals surface area (Å²) < 4.78 is 69.0. The van der Waals surface area contributed by atoms with Gasteiger partial charge in [0.1, 0.15) is 44.4 Å². The topological polar surface area (TPSA) is 107 Å². The Labute approximate surface area is 760 Å². The Balaban J connectivity index is 0.000000227. The molecule has 0 bridgehead atoms. The largest absolute Gasteiger partial charge is 0.0622 e. The second-order valence-corrected chi connectivity index (χ2v) is 40.0. The van der Waals surface area contributed by atoms with Gasteiger partial charge in [-0.25, -0.2) is 32.4 Å². The van der Waals surface area contributed by atoms with Crippen molar-refractivity contribution in [2.75, 3.05) is 10.6 Å². The Kier molecular flexibility index (Phi) is 41.8. The first-order valence-electron chi connectivity index (χ1n) is 35.5. The predicted octanol–water partition coefficient (Wildman–Crippen LogP) is 27.0. The molecule has 0 spiro atoms. The van der Waals surface area contributed by atoms with Crippen molar-refractivity contribution < 1.29 is 52.4 Å². The van der Waals surface area contributed by atoms with Crippen LogP contribution in [0, 0.1) is 50.6 Å². The van der Waals surface area contributed by atoms with Gasteiger partial charge in [-0.15, -0.1) is 45.3 Å². The fourth-order valence-corrected chi connectivity index (χ4v) is 21.1. The van der Waals surface area contributed by atoms with Crippen molar-refractivity contribution in [1.82, 2.24) is 9.97 Å². The molecular formula is C93H86B2Br2Cl2F4N5O4P2PdS5. The first kappa shape index (κ1) is 101. The number of thiazole rings is 2. The zero-order valence-electron chi connectivity index (χ0n) is 63.8. The molecule has 1 aliphatic rings. The fourth-order valence-electron chi connectivity index (χ4n) is 11.2. The molecule has 2 N–H and O–H groups in total. The van der Waals surface area contributed by atoms with E-state index in [1.54, 1.807) is 87.9 Å². The third-order valence-electron chi connectivity index (χ3n) is 17.6. The van der Waals surface area contributed by atoms with Crippen molar-refractivity contribution in [3.8, 4) is 30.9 Å². The molecule has 3 radical (unpaired) electrons. The van der Waals surface area contributed by atoms with Gasteiger partial charge in [-0.1, -0.05) is 257 Å². The van der Waals surface area contributed by atoms with Gasteiger partial charge in [0.05, 0.1) is 27.5 Å². The van der Waals surface area contributed by atoms with Crippen LogP contribution in [0.3, 0.4) is 0 Å². The number of thiophene rings is 3. The SMILES string of the molecule is C.C.C.CC1(C)OB(c2ccc(NC(=O)c3c(F)cccc3F)cc2)OC1(C)C.Cc1sc(-c2nccs2)cc1-c1ccc(NC(=O)c2c(F)cccc2F)cc1.Cc1sc(-c2nccs2)cc1Br.[B].[C-]#[N+]c1cc(Br)c(C)s1.[Cl][Pd][Cl].c1ccc(P(c2ccccc2)c2ccccc2)cc1.c1ccc(P(c2ccccc2)c2ccccc2)cc1. The van der Waals surface area contributed by atoms with Crippen molar-refractivity contribution in [3.63, 3.8) is 0 Å². The maximum Gasteiger partial charge on any atom is -0.0134 e. The number of anilines is 2. The first-order valence-corrected chi connectivity index (χ1v) is 48.0. The van der Waals surface area contributed by atoms with E-state index in [4.69, 9.17) is 34.9 Å². The number of hydrogen-bond donors (Lipinski definition) is 2. The van der Waals surface area contributed by atoms with E-state index in [1.165, 1.54) is 74.4 Å². The Morgan fingerprint density at radius 1 is 0.458 bits per heavy atom. The maximum absolute atomic E-state index is 13.7. The second kappa shape index (κ2) is 49.8. The van der Waals surface area contributed by atoms with Crippen LogP contribution in [0.1, 0.15) is 85.3 Å². The molecule has 0 unspecified atom stereocenters. The number of carbonyl (C=O) groups is 2. The molecule has 27 heteroatoms. The smallest absolute Gasteiger partial charge is 0.0134 e. The van der Waals surface area contributed by atoms with Crippen LogP contribution in [0.2, 0.25) is 0 Å². The molecule has 5 aromatic heterocycles. The van der Waals surface area contributed by atoms with Gasteiger partial charge >= 0.3 is 42.1 Å². The molecule has 619 valence electrons. The van der Waals surface area contributed by atoms with Crippen LogP contribution < -0.4 is 47.9 Å². The van der Waals surface area contributed by atoms with E-state index in [-0.39, 0.29) is 46.6 Å². The molecule has 120 heavy (non-hydrogen) atoms. The average Bonchev–Trinajstić information content (AvgIpc) is 1.63. The van der Waals surface area contributed by atoms with E-state index in [0.717, 1.165) is 70.1 Å². The maximum atomic E-state index is 13.7. The number of benzene rings is 10. The second-order valence-electron chi connectivity index (χ2n) is 26.0. The summed E-state index contributed by atoms with van der Waals surface area (Å²) in [7, 11) is 8.22. The summed E-state index contributed by atoms with van der Waals surface area (Å²) >= 11 is 14.9. The zero-order chi connectivity index (χ0) is 82.7. The van der Waals surface area contributed by atoms with E-state index in [0.29, 0.717) is 11.4 Å². The van der Waals surface area contributed by atoms with Gasteiger partial charge in [0.15, 0.2) is 0 Å². The van der Waals surface area contributed by atoms with Gasteiger partial charge in [-0.2, -0.15) is 11.3 Å². The quantitative estimate of drug-likeness (QED) is 0.0486. The monoisotopic (exact) mass is 1990 g/mol. The molecule has 1 fully saturated rings. The number of halogens is 8. The van der Waals surface area contributed by atoms with E-state index >= 15 is 0 Å². The molecule has 2 amide bonds. The number of nitrogens with one attached hydrogen (secondary N) is 2. The van der Waals surface area contributed by atoms with E-state index < -0.39 is 80.4 Å². The van der Waals surface area contributed by atoms with E-state index in [9.17, 15) is 27.2 Å².